The third kappa shape index (κ3) is 3.46. The number of carbonyl (C=O) groups is 2. The quantitative estimate of drug-likeness (QED) is 0.398. The van der Waals surface area contributed by atoms with Crippen LogP contribution in [0.25, 0.3) is 5.57 Å². The predicted molar refractivity (Wildman–Crippen MR) is 130 cm³/mol. The molecular weight excluding hydrogens is 474 g/mol. The van der Waals surface area contributed by atoms with E-state index in [0.717, 1.165) is 10.6 Å². The van der Waals surface area contributed by atoms with Crippen LogP contribution >= 0.6 is 22.7 Å². The minimum atomic E-state index is -0.690. The number of thiazole rings is 1. The second kappa shape index (κ2) is 8.79. The van der Waals surface area contributed by atoms with Crippen LogP contribution in [0.3, 0.4) is 0 Å². The Kier molecular flexibility index (Phi) is 5.80. The number of hydrogen-bond donors (Lipinski definition) is 0. The van der Waals surface area contributed by atoms with Crippen molar-refractivity contribution in [1.29, 1.82) is 0 Å². The fourth-order valence-electron chi connectivity index (χ4n) is 4.23. The zero-order valence-corrected chi connectivity index (χ0v) is 20.4. The molecule has 0 aliphatic carbocycles. The number of anilines is 1. The predicted octanol–water partition coefficient (Wildman–Crippen LogP) is 1.83. The minimum Gasteiger partial charge on any atom is -0.460 e. The van der Waals surface area contributed by atoms with Crippen LogP contribution in [0, 0.1) is 0 Å². The number of esters is 1. The van der Waals surface area contributed by atoms with Crippen LogP contribution in [0.5, 0.6) is 0 Å². The first-order valence-electron chi connectivity index (χ1n) is 10.6. The number of thiophene rings is 1. The highest BCUT2D eigenvalue weighted by atomic mass is 32.1. The largest absolute Gasteiger partial charge is 0.460 e. The number of ether oxygens (including phenoxy) is 2. The Bertz CT molecular complexity index is 1510. The van der Waals surface area contributed by atoms with E-state index >= 15 is 0 Å². The van der Waals surface area contributed by atoms with E-state index in [-0.39, 0.29) is 24.7 Å². The summed E-state index contributed by atoms with van der Waals surface area (Å²) in [4.78, 5) is 47.4. The summed E-state index contributed by atoms with van der Waals surface area (Å²) in [6.07, 6.45) is 0. The van der Waals surface area contributed by atoms with Crippen LogP contribution in [0.4, 0.5) is 5.69 Å². The Balaban J connectivity index is 1.74. The van der Waals surface area contributed by atoms with Crippen LogP contribution < -0.4 is 19.8 Å². The normalized spacial score (nSPS) is 18.6. The third-order valence-electron chi connectivity index (χ3n) is 5.83. The lowest BCUT2D eigenvalue weighted by Crippen LogP contribution is -2.40. The molecule has 1 aromatic carbocycles. The van der Waals surface area contributed by atoms with E-state index in [1.807, 2.05) is 41.8 Å². The van der Waals surface area contributed by atoms with E-state index in [0.29, 0.717) is 31.7 Å². The summed E-state index contributed by atoms with van der Waals surface area (Å²) in [5, 5.41) is 1.89. The molecule has 0 fully saturated rings. The van der Waals surface area contributed by atoms with Crippen molar-refractivity contribution < 1.29 is 19.1 Å². The Morgan fingerprint density at radius 3 is 2.68 bits per heavy atom. The van der Waals surface area contributed by atoms with Gasteiger partial charge in [0.25, 0.3) is 11.5 Å². The Morgan fingerprint density at radius 2 is 1.94 bits per heavy atom. The monoisotopic (exact) mass is 495 g/mol. The van der Waals surface area contributed by atoms with Gasteiger partial charge in [-0.1, -0.05) is 35.6 Å². The first-order valence-corrected chi connectivity index (χ1v) is 12.3. The van der Waals surface area contributed by atoms with Gasteiger partial charge in [-0.15, -0.1) is 11.3 Å². The SMILES string of the molecule is COCCOC(=O)C1=C(C)N=c2s/c(=C3\C(=O)N(C)c4ccccc43)c(=O)n2C1c1cccs1. The maximum atomic E-state index is 13.8. The number of para-hydroxylation sites is 1. The minimum absolute atomic E-state index is 0.0927. The molecule has 34 heavy (non-hydrogen) atoms. The molecule has 1 unspecified atom stereocenters. The summed E-state index contributed by atoms with van der Waals surface area (Å²) in [5.74, 6) is -0.786. The van der Waals surface area contributed by atoms with Crippen molar-refractivity contribution in [1.82, 2.24) is 4.57 Å². The number of nitrogens with zero attached hydrogens (tertiary/aromatic N) is 3. The second-order valence-corrected chi connectivity index (χ2v) is 9.76. The van der Waals surface area contributed by atoms with E-state index in [1.165, 1.54) is 34.4 Å². The van der Waals surface area contributed by atoms with Crippen LogP contribution in [-0.2, 0) is 19.1 Å². The lowest BCUT2D eigenvalue weighted by Gasteiger charge is -2.23. The van der Waals surface area contributed by atoms with Gasteiger partial charge in [-0.25, -0.2) is 9.79 Å². The molecule has 10 heteroatoms. The molecule has 2 aliphatic rings. The molecule has 3 aromatic rings. The second-order valence-electron chi connectivity index (χ2n) is 7.80. The van der Waals surface area contributed by atoms with E-state index in [2.05, 4.69) is 4.99 Å². The van der Waals surface area contributed by atoms with E-state index in [9.17, 15) is 14.4 Å². The molecule has 0 saturated carbocycles. The number of benzene rings is 1. The Morgan fingerprint density at radius 1 is 1.15 bits per heavy atom. The molecular formula is C24H21N3O5S2. The maximum Gasteiger partial charge on any atom is 0.338 e. The summed E-state index contributed by atoms with van der Waals surface area (Å²) < 4.78 is 12.2. The summed E-state index contributed by atoms with van der Waals surface area (Å²) in [7, 11) is 3.22. The zero-order valence-electron chi connectivity index (χ0n) is 18.7. The summed E-state index contributed by atoms with van der Waals surface area (Å²) in [6, 6.07) is 10.4. The van der Waals surface area contributed by atoms with Crippen LogP contribution in [-0.4, -0.2) is 43.8 Å². The molecule has 1 atom stereocenters. The summed E-state index contributed by atoms with van der Waals surface area (Å²) in [6.45, 7) is 2.09. The molecule has 8 nitrogen and oxygen atoms in total. The van der Waals surface area contributed by atoms with Gasteiger partial charge in [-0.3, -0.25) is 14.2 Å². The fourth-order valence-corrected chi connectivity index (χ4v) is 6.19. The highest BCUT2D eigenvalue weighted by Gasteiger charge is 2.36. The van der Waals surface area contributed by atoms with Crippen molar-refractivity contribution in [3.63, 3.8) is 0 Å². The topological polar surface area (TPSA) is 90.2 Å². The van der Waals surface area contributed by atoms with Crippen LogP contribution in [0.2, 0.25) is 0 Å². The highest BCUT2D eigenvalue weighted by Crippen LogP contribution is 2.35. The molecule has 2 aliphatic heterocycles. The fraction of sp³-hybridized carbons (Fsp3) is 0.250. The average Bonchev–Trinajstić information content (AvgIpc) is 3.52. The number of allylic oxidation sites excluding steroid dienone is 1. The Labute approximate surface area is 202 Å². The van der Waals surface area contributed by atoms with E-state index < -0.39 is 12.0 Å². The van der Waals surface area contributed by atoms with Crippen molar-refractivity contribution in [3.8, 4) is 0 Å². The lowest BCUT2D eigenvalue weighted by molar-refractivity contribution is -0.140. The summed E-state index contributed by atoms with van der Waals surface area (Å²) in [5.41, 5.74) is 2.25. The standard InChI is InChI=1S/C24H21N3O5S2/c1-13-17(23(30)32-11-10-31-3)19(16-9-6-12-33-16)27-22(29)20(34-24(27)25-13)18-14-7-4-5-8-15(14)26(2)21(18)28/h4-9,12,19H,10-11H2,1-3H3/b20-18-. The molecule has 0 N–H and O–H groups in total. The number of fused-ring (bicyclic) bond motifs is 2. The first kappa shape index (κ1) is 22.5. The molecule has 0 bridgehead atoms. The van der Waals surface area contributed by atoms with Gasteiger partial charge in [0.15, 0.2) is 4.80 Å². The van der Waals surface area contributed by atoms with Crippen LogP contribution in [0.15, 0.2) is 62.8 Å². The molecule has 1 amide bonds. The van der Waals surface area contributed by atoms with Gasteiger partial charge >= 0.3 is 5.97 Å². The van der Waals surface area contributed by atoms with Gasteiger partial charge in [0.05, 0.1) is 29.1 Å². The molecule has 174 valence electrons. The molecule has 0 radical (unpaired) electrons. The van der Waals surface area contributed by atoms with E-state index in [4.69, 9.17) is 9.47 Å². The van der Waals surface area contributed by atoms with Crippen molar-refractivity contribution in [2.24, 2.45) is 4.99 Å². The van der Waals surface area contributed by atoms with Crippen molar-refractivity contribution in [3.05, 3.63) is 83.2 Å². The van der Waals surface area contributed by atoms with Gasteiger partial charge in [0, 0.05) is 24.6 Å². The number of likely N-dealkylation sites (N-methyl/N-ethyl adjacent to an activating group) is 1. The number of rotatable bonds is 5. The number of amides is 1. The number of aromatic nitrogens is 1. The lowest BCUT2D eigenvalue weighted by atomic mass is 10.0. The molecule has 5 rings (SSSR count). The van der Waals surface area contributed by atoms with Gasteiger partial charge in [0.1, 0.15) is 17.2 Å². The third-order valence-corrected chi connectivity index (χ3v) is 7.81. The average molecular weight is 496 g/mol. The maximum absolute atomic E-state index is 13.8. The van der Waals surface area contributed by atoms with E-state index in [1.54, 1.807) is 18.9 Å². The Hall–Kier alpha value is -3.34. The number of carbonyl (C=O) groups excluding carboxylic acids is 2. The van der Waals surface area contributed by atoms with Gasteiger partial charge in [-0.05, 0) is 24.4 Å². The molecule has 2 aromatic heterocycles. The van der Waals surface area contributed by atoms with Crippen LogP contribution in [0.1, 0.15) is 23.4 Å². The smallest absolute Gasteiger partial charge is 0.338 e. The summed E-state index contributed by atoms with van der Waals surface area (Å²) >= 11 is 2.61. The van der Waals surface area contributed by atoms with Gasteiger partial charge in [-0.2, -0.15) is 0 Å². The number of hydrogen-bond acceptors (Lipinski definition) is 8. The van der Waals surface area contributed by atoms with Gasteiger partial charge in [0.2, 0.25) is 0 Å². The first-order chi connectivity index (χ1) is 16.4. The molecule has 4 heterocycles. The van der Waals surface area contributed by atoms with Crippen molar-refractivity contribution in [2.75, 3.05) is 32.3 Å². The van der Waals surface area contributed by atoms with Crippen molar-refractivity contribution >= 4 is 45.8 Å². The zero-order chi connectivity index (χ0) is 24.0. The van der Waals surface area contributed by atoms with Gasteiger partial charge < -0.3 is 14.4 Å². The number of methoxy groups -OCH3 is 1. The molecule has 0 saturated heterocycles. The molecule has 0 spiro atoms. The van der Waals surface area contributed by atoms with Crippen molar-refractivity contribution in [2.45, 2.75) is 13.0 Å². The highest BCUT2D eigenvalue weighted by molar-refractivity contribution is 7.10.